The highest BCUT2D eigenvalue weighted by molar-refractivity contribution is 5.25. The van der Waals surface area contributed by atoms with Gasteiger partial charge in [0.05, 0.1) is 18.0 Å². The highest BCUT2D eigenvalue weighted by Gasteiger charge is 2.32. The second-order valence-corrected chi connectivity index (χ2v) is 1.93. The van der Waals surface area contributed by atoms with Crippen molar-refractivity contribution >= 4 is 0 Å². The van der Waals surface area contributed by atoms with Crippen LogP contribution < -0.4 is 0 Å². The van der Waals surface area contributed by atoms with Crippen LogP contribution in [-0.4, -0.2) is 10.2 Å². The molecular formula is C6H4F3N2. The van der Waals surface area contributed by atoms with Gasteiger partial charge in [-0.05, 0) is 12.5 Å². The average Bonchev–Trinajstić information content (AvgIpc) is 1.86. The molecule has 0 atom stereocenters. The maximum absolute atomic E-state index is 11.9. The first-order valence-electron chi connectivity index (χ1n) is 2.71. The highest BCUT2D eigenvalue weighted by atomic mass is 19.4. The van der Waals surface area contributed by atoms with Crippen molar-refractivity contribution in [1.29, 1.82) is 0 Å². The fourth-order valence-corrected chi connectivity index (χ4v) is 0.602. The molecule has 0 bridgehead atoms. The van der Waals surface area contributed by atoms with E-state index < -0.39 is 11.7 Å². The number of alkyl halides is 3. The smallest absolute Gasteiger partial charge is 0.166 e. The molecule has 0 aliphatic carbocycles. The van der Waals surface area contributed by atoms with Crippen LogP contribution in [0, 0.1) is 6.92 Å². The summed E-state index contributed by atoms with van der Waals surface area (Å²) < 4.78 is 35.8. The zero-order valence-corrected chi connectivity index (χ0v) is 5.39. The monoisotopic (exact) mass is 161 g/mol. The molecule has 0 fully saturated rings. The number of aromatic nitrogens is 2. The zero-order chi connectivity index (χ0) is 8.48. The number of halogens is 3. The van der Waals surface area contributed by atoms with Crippen LogP contribution in [0.15, 0.2) is 12.4 Å². The van der Waals surface area contributed by atoms with Gasteiger partial charge >= 0.3 is 6.18 Å². The Hall–Kier alpha value is -1.13. The number of hydrogen-bond donors (Lipinski definition) is 0. The van der Waals surface area contributed by atoms with Crippen molar-refractivity contribution in [3.05, 3.63) is 30.4 Å². The van der Waals surface area contributed by atoms with Gasteiger partial charge in [-0.3, -0.25) is 0 Å². The molecule has 5 heteroatoms. The molecule has 0 amide bonds. The van der Waals surface area contributed by atoms with Crippen LogP contribution in [0.25, 0.3) is 0 Å². The summed E-state index contributed by atoms with van der Waals surface area (Å²) in [6.07, 6.45) is -2.75. The summed E-state index contributed by atoms with van der Waals surface area (Å²) in [5.41, 5.74) is -1.000. The molecule has 2 nitrogen and oxygen atoms in total. The van der Waals surface area contributed by atoms with Gasteiger partial charge in [0.1, 0.15) is 0 Å². The minimum atomic E-state index is -4.38. The van der Waals surface area contributed by atoms with Gasteiger partial charge in [0.15, 0.2) is 0 Å². The molecule has 1 heterocycles. The van der Waals surface area contributed by atoms with E-state index in [-0.39, 0.29) is 5.56 Å². The zero-order valence-electron chi connectivity index (χ0n) is 5.39. The molecule has 59 valence electrons. The van der Waals surface area contributed by atoms with E-state index in [1.165, 1.54) is 0 Å². The first kappa shape index (κ1) is 7.97. The van der Waals surface area contributed by atoms with Crippen LogP contribution in [0.5, 0.6) is 0 Å². The van der Waals surface area contributed by atoms with Gasteiger partial charge in [-0.2, -0.15) is 23.4 Å². The molecule has 0 unspecified atom stereocenters. The Morgan fingerprint density at radius 3 is 2.09 bits per heavy atom. The first-order chi connectivity index (χ1) is 5.02. The van der Waals surface area contributed by atoms with Gasteiger partial charge in [-0.25, -0.2) is 0 Å². The van der Waals surface area contributed by atoms with Crippen molar-refractivity contribution in [3.63, 3.8) is 0 Å². The molecule has 0 aliphatic heterocycles. The summed E-state index contributed by atoms with van der Waals surface area (Å²) in [5, 5.41) is 6.35. The number of hydrogen-bond acceptors (Lipinski definition) is 2. The Labute approximate surface area is 61.1 Å². The third-order valence-corrected chi connectivity index (χ3v) is 1.12. The normalized spacial score (nSPS) is 11.6. The predicted molar refractivity (Wildman–Crippen MR) is 31.5 cm³/mol. The lowest BCUT2D eigenvalue weighted by molar-refractivity contribution is -0.138. The first-order valence-corrected chi connectivity index (χ1v) is 2.71. The summed E-state index contributed by atoms with van der Waals surface area (Å²) in [4.78, 5) is 0. The molecule has 1 aromatic rings. The quantitative estimate of drug-likeness (QED) is 0.578. The molecule has 1 radical (unpaired) electrons. The van der Waals surface area contributed by atoms with Crippen molar-refractivity contribution in [1.82, 2.24) is 10.2 Å². The fourth-order valence-electron chi connectivity index (χ4n) is 0.602. The Kier molecular flexibility index (Phi) is 1.80. The summed E-state index contributed by atoms with van der Waals surface area (Å²) in [6, 6.07) is 0. The lowest BCUT2D eigenvalue weighted by Gasteiger charge is -2.06. The van der Waals surface area contributed by atoms with Crippen LogP contribution in [0.2, 0.25) is 0 Å². The van der Waals surface area contributed by atoms with E-state index in [4.69, 9.17) is 0 Å². The molecule has 0 aliphatic rings. The maximum Gasteiger partial charge on any atom is 0.418 e. The molecule has 0 spiro atoms. The second kappa shape index (κ2) is 2.48. The minimum absolute atomic E-state index is 0.160. The van der Waals surface area contributed by atoms with E-state index in [9.17, 15) is 13.2 Å². The molecule has 0 N–H and O–H groups in total. The van der Waals surface area contributed by atoms with Gasteiger partial charge in [0.2, 0.25) is 0 Å². The van der Waals surface area contributed by atoms with Crippen LogP contribution >= 0.6 is 0 Å². The second-order valence-electron chi connectivity index (χ2n) is 1.93. The topological polar surface area (TPSA) is 25.8 Å². The van der Waals surface area contributed by atoms with Gasteiger partial charge < -0.3 is 0 Å². The van der Waals surface area contributed by atoms with Crippen LogP contribution in [0.4, 0.5) is 13.2 Å². The standard InChI is InChI=1S/C6H4F3N2/c1-4-2-10-11-3-5(4)6(7,8)9/h2-3H,1H2. The van der Waals surface area contributed by atoms with Crippen molar-refractivity contribution < 1.29 is 13.2 Å². The largest absolute Gasteiger partial charge is 0.418 e. The minimum Gasteiger partial charge on any atom is -0.166 e. The Balaban J connectivity index is 3.14. The van der Waals surface area contributed by atoms with Crippen LogP contribution in [0.3, 0.4) is 0 Å². The summed E-state index contributed by atoms with van der Waals surface area (Å²) in [7, 11) is 0. The van der Waals surface area contributed by atoms with Gasteiger partial charge in [-0.1, -0.05) is 0 Å². The Morgan fingerprint density at radius 1 is 1.18 bits per heavy atom. The Bertz CT molecular complexity index is 256. The van der Waals surface area contributed by atoms with Gasteiger partial charge in [-0.15, -0.1) is 0 Å². The third kappa shape index (κ3) is 1.66. The van der Waals surface area contributed by atoms with Gasteiger partial charge in [0.25, 0.3) is 0 Å². The van der Waals surface area contributed by atoms with Crippen molar-refractivity contribution in [3.8, 4) is 0 Å². The molecule has 1 rings (SSSR count). The summed E-state index contributed by atoms with van der Waals surface area (Å²) >= 11 is 0. The Morgan fingerprint density at radius 2 is 1.73 bits per heavy atom. The van der Waals surface area contributed by atoms with Crippen LogP contribution in [-0.2, 0) is 6.18 Å². The SMILES string of the molecule is [CH2]c1cnncc1C(F)(F)F. The predicted octanol–water partition coefficient (Wildman–Crippen LogP) is 1.68. The third-order valence-electron chi connectivity index (χ3n) is 1.12. The van der Waals surface area contributed by atoms with E-state index in [0.29, 0.717) is 6.20 Å². The highest BCUT2D eigenvalue weighted by Crippen LogP contribution is 2.30. The number of rotatable bonds is 0. The molecular weight excluding hydrogens is 157 g/mol. The van der Waals surface area contributed by atoms with Crippen molar-refractivity contribution in [2.75, 3.05) is 0 Å². The van der Waals surface area contributed by atoms with E-state index >= 15 is 0 Å². The maximum atomic E-state index is 11.9. The molecule has 0 saturated carbocycles. The molecule has 11 heavy (non-hydrogen) atoms. The van der Waals surface area contributed by atoms with Crippen LogP contribution in [0.1, 0.15) is 11.1 Å². The average molecular weight is 161 g/mol. The van der Waals surface area contributed by atoms with E-state index in [2.05, 4.69) is 17.1 Å². The summed E-state index contributed by atoms with van der Waals surface area (Å²) in [5.74, 6) is 0. The van der Waals surface area contributed by atoms with Crippen molar-refractivity contribution in [2.24, 2.45) is 0 Å². The lowest BCUT2D eigenvalue weighted by Crippen LogP contribution is -2.08. The molecule has 1 aromatic heterocycles. The number of nitrogens with zero attached hydrogens (tertiary/aromatic N) is 2. The van der Waals surface area contributed by atoms with Crippen molar-refractivity contribution in [2.45, 2.75) is 6.18 Å². The van der Waals surface area contributed by atoms with E-state index in [1.54, 1.807) is 0 Å². The lowest BCUT2D eigenvalue weighted by atomic mass is 10.2. The molecule has 0 aromatic carbocycles. The van der Waals surface area contributed by atoms with E-state index in [0.717, 1.165) is 6.20 Å². The van der Waals surface area contributed by atoms with Gasteiger partial charge in [0, 0.05) is 0 Å². The van der Waals surface area contributed by atoms with E-state index in [1.807, 2.05) is 0 Å². The molecule has 0 saturated heterocycles. The summed E-state index contributed by atoms with van der Waals surface area (Å²) in [6.45, 7) is 3.16. The fraction of sp³-hybridized carbons (Fsp3) is 0.167.